The number of nitrogens with one attached hydrogen (secondary N) is 1. The summed E-state index contributed by atoms with van der Waals surface area (Å²) in [6, 6.07) is 0. The lowest BCUT2D eigenvalue weighted by molar-refractivity contribution is 0.151. The van der Waals surface area contributed by atoms with Gasteiger partial charge in [-0.15, -0.1) is 0 Å². The van der Waals surface area contributed by atoms with Gasteiger partial charge >= 0.3 is 0 Å². The molecule has 0 spiro atoms. The Hall–Kier alpha value is -0.0800. The summed E-state index contributed by atoms with van der Waals surface area (Å²) < 4.78 is 0. The minimum absolute atomic E-state index is 0.107. The summed E-state index contributed by atoms with van der Waals surface area (Å²) in [4.78, 5) is 0. The largest absolute Gasteiger partial charge is 0.324 e. The molecule has 0 aliphatic heterocycles. The molecule has 2 nitrogen and oxygen atoms in total. The molecule has 0 aromatic heterocycles. The predicted molar refractivity (Wildman–Crippen MR) is 64.9 cm³/mol. The third kappa shape index (κ3) is 2.54. The molecule has 2 aliphatic carbocycles. The lowest BCUT2D eigenvalue weighted by Crippen LogP contribution is -2.59. The van der Waals surface area contributed by atoms with E-state index in [-0.39, 0.29) is 5.54 Å². The van der Waals surface area contributed by atoms with Crippen LogP contribution in [0.3, 0.4) is 0 Å². The normalized spacial score (nSPS) is 28.4. The molecule has 0 atom stereocenters. The van der Waals surface area contributed by atoms with E-state index in [1.54, 1.807) is 0 Å². The molecule has 0 radical (unpaired) electrons. The summed E-state index contributed by atoms with van der Waals surface area (Å²) in [5.74, 6) is 0. The standard InChI is InChI=1S/C13H26N2/c1-2-13(9-6-10-13)15-11-12(14)7-4-3-5-8-12/h15H,2-11,14H2,1H3. The molecule has 2 fully saturated rings. The van der Waals surface area contributed by atoms with Crippen molar-refractivity contribution in [2.75, 3.05) is 6.54 Å². The van der Waals surface area contributed by atoms with Crippen molar-refractivity contribution in [1.29, 1.82) is 0 Å². The van der Waals surface area contributed by atoms with Crippen molar-refractivity contribution in [3.8, 4) is 0 Å². The van der Waals surface area contributed by atoms with Gasteiger partial charge in [-0.25, -0.2) is 0 Å². The van der Waals surface area contributed by atoms with E-state index in [4.69, 9.17) is 5.73 Å². The monoisotopic (exact) mass is 210 g/mol. The molecule has 0 saturated heterocycles. The zero-order valence-corrected chi connectivity index (χ0v) is 10.1. The van der Waals surface area contributed by atoms with Crippen molar-refractivity contribution < 1.29 is 0 Å². The highest BCUT2D eigenvalue weighted by molar-refractivity contribution is 4.98. The fourth-order valence-electron chi connectivity index (χ4n) is 3.06. The van der Waals surface area contributed by atoms with Crippen molar-refractivity contribution in [2.24, 2.45) is 5.73 Å². The van der Waals surface area contributed by atoms with Gasteiger partial charge in [-0.3, -0.25) is 0 Å². The Morgan fingerprint density at radius 2 is 1.67 bits per heavy atom. The van der Waals surface area contributed by atoms with Crippen LogP contribution in [0.2, 0.25) is 0 Å². The maximum atomic E-state index is 6.44. The second-order valence-corrected chi connectivity index (χ2v) is 5.76. The van der Waals surface area contributed by atoms with Crippen LogP contribution in [-0.2, 0) is 0 Å². The van der Waals surface area contributed by atoms with E-state index >= 15 is 0 Å². The summed E-state index contributed by atoms with van der Waals surface area (Å²) in [6.45, 7) is 3.34. The molecular weight excluding hydrogens is 184 g/mol. The Bertz CT molecular complexity index is 197. The average Bonchev–Trinajstić information content (AvgIpc) is 2.18. The van der Waals surface area contributed by atoms with Gasteiger partial charge in [0.15, 0.2) is 0 Å². The van der Waals surface area contributed by atoms with E-state index in [1.165, 1.54) is 57.8 Å². The summed E-state index contributed by atoms with van der Waals surface area (Å²) in [7, 11) is 0. The first-order chi connectivity index (χ1) is 7.18. The fourth-order valence-corrected chi connectivity index (χ4v) is 3.06. The van der Waals surface area contributed by atoms with E-state index in [9.17, 15) is 0 Å². The molecule has 0 heterocycles. The zero-order chi connectivity index (χ0) is 10.8. The zero-order valence-electron chi connectivity index (χ0n) is 10.1. The van der Waals surface area contributed by atoms with Crippen LogP contribution in [-0.4, -0.2) is 17.6 Å². The van der Waals surface area contributed by atoms with Crippen molar-refractivity contribution in [1.82, 2.24) is 5.32 Å². The highest BCUT2D eigenvalue weighted by Crippen LogP contribution is 2.35. The highest BCUT2D eigenvalue weighted by atomic mass is 15.0. The maximum Gasteiger partial charge on any atom is 0.0281 e. The SMILES string of the molecule is CCC1(NCC2(N)CCCCC2)CCC1. The second-order valence-electron chi connectivity index (χ2n) is 5.76. The first-order valence-corrected chi connectivity index (χ1v) is 6.72. The van der Waals surface area contributed by atoms with Crippen LogP contribution in [0, 0.1) is 0 Å². The van der Waals surface area contributed by atoms with Gasteiger partial charge < -0.3 is 11.1 Å². The second kappa shape index (κ2) is 4.42. The van der Waals surface area contributed by atoms with E-state index in [0.717, 1.165) is 6.54 Å². The van der Waals surface area contributed by atoms with E-state index < -0.39 is 0 Å². The molecule has 2 rings (SSSR count). The highest BCUT2D eigenvalue weighted by Gasteiger charge is 2.37. The van der Waals surface area contributed by atoms with Crippen LogP contribution < -0.4 is 11.1 Å². The summed E-state index contributed by atoms with van der Waals surface area (Å²) in [6.07, 6.45) is 11.9. The van der Waals surface area contributed by atoms with Gasteiger partial charge in [0.25, 0.3) is 0 Å². The molecule has 0 aromatic carbocycles. The Kier molecular flexibility index (Phi) is 3.36. The van der Waals surface area contributed by atoms with Crippen molar-refractivity contribution >= 4 is 0 Å². The molecule has 0 bridgehead atoms. The Morgan fingerprint density at radius 3 is 2.13 bits per heavy atom. The number of nitrogens with two attached hydrogens (primary N) is 1. The van der Waals surface area contributed by atoms with Gasteiger partial charge in [0.2, 0.25) is 0 Å². The molecule has 0 unspecified atom stereocenters. The van der Waals surface area contributed by atoms with Gasteiger partial charge in [-0.2, -0.15) is 0 Å². The molecule has 0 amide bonds. The van der Waals surface area contributed by atoms with Gasteiger partial charge in [0, 0.05) is 17.6 Å². The van der Waals surface area contributed by atoms with Crippen LogP contribution in [0.5, 0.6) is 0 Å². The van der Waals surface area contributed by atoms with Crippen molar-refractivity contribution in [2.45, 2.75) is 75.8 Å². The molecular formula is C13H26N2. The Balaban J connectivity index is 1.80. The molecule has 0 aromatic rings. The average molecular weight is 210 g/mol. The van der Waals surface area contributed by atoms with Crippen LogP contribution >= 0.6 is 0 Å². The molecule has 2 aliphatic rings. The quantitative estimate of drug-likeness (QED) is 0.748. The lowest BCUT2D eigenvalue weighted by atomic mass is 9.73. The van der Waals surface area contributed by atoms with Gasteiger partial charge in [-0.05, 0) is 38.5 Å². The van der Waals surface area contributed by atoms with Crippen LogP contribution in [0.1, 0.15) is 64.7 Å². The summed E-state index contributed by atoms with van der Waals surface area (Å²) in [5.41, 5.74) is 7.01. The van der Waals surface area contributed by atoms with Gasteiger partial charge in [0.1, 0.15) is 0 Å². The number of hydrogen-bond acceptors (Lipinski definition) is 2. The smallest absolute Gasteiger partial charge is 0.0281 e. The minimum Gasteiger partial charge on any atom is -0.324 e. The third-order valence-electron chi connectivity index (χ3n) is 4.65. The van der Waals surface area contributed by atoms with Crippen molar-refractivity contribution in [3.05, 3.63) is 0 Å². The van der Waals surface area contributed by atoms with Crippen LogP contribution in [0.15, 0.2) is 0 Å². The van der Waals surface area contributed by atoms with Gasteiger partial charge in [0.05, 0.1) is 0 Å². The molecule has 88 valence electrons. The maximum absolute atomic E-state index is 6.44. The Labute approximate surface area is 94.0 Å². The lowest BCUT2D eigenvalue weighted by Gasteiger charge is -2.45. The molecule has 2 heteroatoms. The summed E-state index contributed by atoms with van der Waals surface area (Å²) in [5, 5.41) is 3.77. The first kappa shape index (κ1) is 11.4. The number of rotatable bonds is 4. The van der Waals surface area contributed by atoms with Crippen LogP contribution in [0.25, 0.3) is 0 Å². The topological polar surface area (TPSA) is 38.0 Å². The molecule has 15 heavy (non-hydrogen) atoms. The first-order valence-electron chi connectivity index (χ1n) is 6.72. The third-order valence-corrected chi connectivity index (χ3v) is 4.65. The Morgan fingerprint density at radius 1 is 1.00 bits per heavy atom. The summed E-state index contributed by atoms with van der Waals surface area (Å²) >= 11 is 0. The van der Waals surface area contributed by atoms with Crippen molar-refractivity contribution in [3.63, 3.8) is 0 Å². The minimum atomic E-state index is 0.107. The predicted octanol–water partition coefficient (Wildman–Crippen LogP) is 2.57. The molecule has 3 N–H and O–H groups in total. The van der Waals surface area contributed by atoms with E-state index in [1.807, 2.05) is 0 Å². The fraction of sp³-hybridized carbons (Fsp3) is 1.00. The number of hydrogen-bond donors (Lipinski definition) is 2. The van der Waals surface area contributed by atoms with E-state index in [0.29, 0.717) is 5.54 Å². The van der Waals surface area contributed by atoms with Gasteiger partial charge in [-0.1, -0.05) is 26.2 Å². The van der Waals surface area contributed by atoms with E-state index in [2.05, 4.69) is 12.2 Å². The molecule has 2 saturated carbocycles. The van der Waals surface area contributed by atoms with Crippen LogP contribution in [0.4, 0.5) is 0 Å².